The maximum absolute atomic E-state index is 4.46. The van der Waals surface area contributed by atoms with E-state index in [1.165, 1.54) is 16.7 Å². The monoisotopic (exact) mass is 439 g/mol. The number of rotatable bonds is 3. The average Bonchev–Trinajstić information content (AvgIpc) is 3.19. The molecule has 2 aromatic rings. The SMILES string of the molecule is CN=C(NCc1ccccc1C)N1CCC(c2cnn(C)c2)C1.I. The molecule has 1 N–H and O–H groups in total. The van der Waals surface area contributed by atoms with Crippen molar-refractivity contribution in [2.24, 2.45) is 12.0 Å². The predicted molar refractivity (Wildman–Crippen MR) is 109 cm³/mol. The van der Waals surface area contributed by atoms with Crippen LogP contribution in [-0.2, 0) is 13.6 Å². The lowest BCUT2D eigenvalue weighted by molar-refractivity contribution is 0.485. The number of benzene rings is 1. The Bertz CT molecular complexity index is 694. The zero-order valence-electron chi connectivity index (χ0n) is 14.6. The second-order valence-electron chi connectivity index (χ2n) is 6.21. The van der Waals surface area contributed by atoms with Crippen LogP contribution < -0.4 is 5.32 Å². The average molecular weight is 439 g/mol. The van der Waals surface area contributed by atoms with Crippen molar-refractivity contribution in [1.29, 1.82) is 0 Å². The van der Waals surface area contributed by atoms with Gasteiger partial charge in [-0.3, -0.25) is 9.67 Å². The quantitative estimate of drug-likeness (QED) is 0.455. The molecule has 24 heavy (non-hydrogen) atoms. The van der Waals surface area contributed by atoms with Gasteiger partial charge in [-0.25, -0.2) is 0 Å². The number of likely N-dealkylation sites (tertiary alicyclic amines) is 1. The number of nitrogens with zero attached hydrogens (tertiary/aromatic N) is 4. The fourth-order valence-corrected chi connectivity index (χ4v) is 3.19. The third-order valence-corrected chi connectivity index (χ3v) is 4.59. The lowest BCUT2D eigenvalue weighted by atomic mass is 10.0. The molecule has 0 spiro atoms. The van der Waals surface area contributed by atoms with E-state index < -0.39 is 0 Å². The first-order valence-corrected chi connectivity index (χ1v) is 8.16. The van der Waals surface area contributed by atoms with E-state index in [2.05, 4.69) is 57.7 Å². The number of hydrogen-bond donors (Lipinski definition) is 1. The largest absolute Gasteiger partial charge is 0.352 e. The highest BCUT2D eigenvalue weighted by molar-refractivity contribution is 14.0. The van der Waals surface area contributed by atoms with Crippen LogP contribution in [-0.4, -0.2) is 40.8 Å². The zero-order chi connectivity index (χ0) is 16.2. The van der Waals surface area contributed by atoms with Gasteiger partial charge in [0.1, 0.15) is 0 Å². The minimum Gasteiger partial charge on any atom is -0.352 e. The minimum absolute atomic E-state index is 0. The Hall–Kier alpha value is -1.57. The first-order valence-electron chi connectivity index (χ1n) is 8.16. The first kappa shape index (κ1) is 18.8. The number of halogens is 1. The van der Waals surface area contributed by atoms with Crippen LogP contribution in [0.3, 0.4) is 0 Å². The molecule has 0 bridgehead atoms. The van der Waals surface area contributed by atoms with Crippen molar-refractivity contribution >= 4 is 29.9 Å². The maximum atomic E-state index is 4.46. The van der Waals surface area contributed by atoms with Gasteiger partial charge in [-0.1, -0.05) is 24.3 Å². The van der Waals surface area contributed by atoms with Gasteiger partial charge in [0, 0.05) is 45.8 Å². The third-order valence-electron chi connectivity index (χ3n) is 4.59. The highest BCUT2D eigenvalue weighted by atomic mass is 127. The van der Waals surface area contributed by atoms with E-state index >= 15 is 0 Å². The van der Waals surface area contributed by atoms with Gasteiger partial charge in [0.25, 0.3) is 0 Å². The van der Waals surface area contributed by atoms with Gasteiger partial charge in [-0.05, 0) is 30.0 Å². The Kier molecular flexibility index (Phi) is 6.65. The van der Waals surface area contributed by atoms with Crippen molar-refractivity contribution in [2.75, 3.05) is 20.1 Å². The summed E-state index contributed by atoms with van der Waals surface area (Å²) in [5, 5.41) is 7.79. The molecular formula is C18H26IN5. The van der Waals surface area contributed by atoms with E-state index in [0.717, 1.165) is 32.0 Å². The van der Waals surface area contributed by atoms with Crippen LogP contribution in [0.5, 0.6) is 0 Å². The Labute approximate surface area is 161 Å². The highest BCUT2D eigenvalue weighted by Gasteiger charge is 2.26. The summed E-state index contributed by atoms with van der Waals surface area (Å²) in [4.78, 5) is 6.80. The minimum atomic E-state index is 0. The molecule has 1 atom stereocenters. The number of guanidine groups is 1. The molecule has 2 heterocycles. The molecule has 0 amide bonds. The summed E-state index contributed by atoms with van der Waals surface area (Å²) < 4.78 is 1.88. The van der Waals surface area contributed by atoms with Gasteiger partial charge in [-0.2, -0.15) is 5.10 Å². The number of aliphatic imine (C=N–C) groups is 1. The molecule has 1 fully saturated rings. The Morgan fingerprint density at radius 2 is 2.17 bits per heavy atom. The Morgan fingerprint density at radius 1 is 1.38 bits per heavy atom. The molecule has 6 heteroatoms. The standard InChI is InChI=1S/C18H25N5.HI/c1-14-6-4-5-7-15(14)10-20-18(19-2)23-9-8-16(13-23)17-11-21-22(3)12-17;/h4-7,11-12,16H,8-10,13H2,1-3H3,(H,19,20);1H. The summed E-state index contributed by atoms with van der Waals surface area (Å²) in [7, 11) is 3.83. The van der Waals surface area contributed by atoms with Gasteiger partial charge < -0.3 is 10.2 Å². The first-order chi connectivity index (χ1) is 11.2. The fourth-order valence-electron chi connectivity index (χ4n) is 3.19. The molecule has 5 nitrogen and oxygen atoms in total. The van der Waals surface area contributed by atoms with Gasteiger partial charge >= 0.3 is 0 Å². The molecular weight excluding hydrogens is 413 g/mol. The number of nitrogens with one attached hydrogen (secondary N) is 1. The molecule has 1 saturated heterocycles. The molecule has 1 aliphatic rings. The zero-order valence-corrected chi connectivity index (χ0v) is 16.9. The molecule has 0 radical (unpaired) electrons. The molecule has 130 valence electrons. The molecule has 1 unspecified atom stereocenters. The van der Waals surface area contributed by atoms with Gasteiger partial charge in [0.15, 0.2) is 5.96 Å². The maximum Gasteiger partial charge on any atom is 0.193 e. The van der Waals surface area contributed by atoms with Crippen LogP contribution in [0.4, 0.5) is 0 Å². The normalized spacial score (nSPS) is 17.7. The van der Waals surface area contributed by atoms with Crippen LogP contribution in [0.25, 0.3) is 0 Å². The van der Waals surface area contributed by atoms with E-state index in [9.17, 15) is 0 Å². The number of aromatic nitrogens is 2. The molecule has 0 aliphatic carbocycles. The number of aryl methyl sites for hydroxylation is 2. The molecule has 1 aromatic carbocycles. The second kappa shape index (κ2) is 8.50. The van der Waals surface area contributed by atoms with Crippen LogP contribution >= 0.6 is 24.0 Å². The number of hydrogen-bond acceptors (Lipinski definition) is 2. The van der Waals surface area contributed by atoms with E-state index in [-0.39, 0.29) is 24.0 Å². The van der Waals surface area contributed by atoms with Crippen molar-refractivity contribution < 1.29 is 0 Å². The fraction of sp³-hybridized carbons (Fsp3) is 0.444. The summed E-state index contributed by atoms with van der Waals surface area (Å²) in [6, 6.07) is 8.47. The van der Waals surface area contributed by atoms with Crippen LogP contribution in [0, 0.1) is 6.92 Å². The van der Waals surface area contributed by atoms with E-state index in [0.29, 0.717) is 5.92 Å². The van der Waals surface area contributed by atoms with Crippen molar-refractivity contribution in [2.45, 2.75) is 25.8 Å². The predicted octanol–water partition coefficient (Wildman–Crippen LogP) is 2.91. The van der Waals surface area contributed by atoms with Crippen molar-refractivity contribution in [3.05, 3.63) is 53.3 Å². The topological polar surface area (TPSA) is 45.5 Å². The lowest BCUT2D eigenvalue weighted by Crippen LogP contribution is -2.39. The van der Waals surface area contributed by atoms with Gasteiger partial charge in [0.05, 0.1) is 6.20 Å². The highest BCUT2D eigenvalue weighted by Crippen LogP contribution is 2.26. The van der Waals surface area contributed by atoms with Crippen LogP contribution in [0.15, 0.2) is 41.7 Å². The summed E-state index contributed by atoms with van der Waals surface area (Å²) in [6.07, 6.45) is 5.26. The van der Waals surface area contributed by atoms with Crippen LogP contribution in [0.1, 0.15) is 29.0 Å². The molecule has 1 aromatic heterocycles. The lowest BCUT2D eigenvalue weighted by Gasteiger charge is -2.22. The summed E-state index contributed by atoms with van der Waals surface area (Å²) in [6.45, 7) is 4.99. The summed E-state index contributed by atoms with van der Waals surface area (Å²) in [5.74, 6) is 1.53. The molecule has 1 aliphatic heterocycles. The van der Waals surface area contributed by atoms with E-state index in [4.69, 9.17) is 0 Å². The van der Waals surface area contributed by atoms with E-state index in [1.54, 1.807) is 0 Å². The van der Waals surface area contributed by atoms with Crippen molar-refractivity contribution in [3.8, 4) is 0 Å². The second-order valence-corrected chi connectivity index (χ2v) is 6.21. The van der Waals surface area contributed by atoms with Crippen molar-refractivity contribution in [1.82, 2.24) is 20.0 Å². The summed E-state index contributed by atoms with van der Waals surface area (Å²) >= 11 is 0. The Morgan fingerprint density at radius 3 is 2.83 bits per heavy atom. The molecule has 3 rings (SSSR count). The van der Waals surface area contributed by atoms with Crippen LogP contribution in [0.2, 0.25) is 0 Å². The third kappa shape index (κ3) is 4.28. The molecule has 0 saturated carbocycles. The van der Waals surface area contributed by atoms with Crippen molar-refractivity contribution in [3.63, 3.8) is 0 Å². The summed E-state index contributed by atoms with van der Waals surface area (Å²) in [5.41, 5.74) is 3.95. The Balaban J connectivity index is 0.00000208. The van der Waals surface area contributed by atoms with Gasteiger partial charge in [-0.15, -0.1) is 24.0 Å². The smallest absolute Gasteiger partial charge is 0.193 e. The van der Waals surface area contributed by atoms with E-state index in [1.807, 2.05) is 25.0 Å². The van der Waals surface area contributed by atoms with Gasteiger partial charge in [0.2, 0.25) is 0 Å².